The highest BCUT2D eigenvalue weighted by Crippen LogP contribution is 2.32. The molecule has 0 aliphatic carbocycles. The van der Waals surface area contributed by atoms with Gasteiger partial charge in [-0.25, -0.2) is 0 Å². The Hall–Kier alpha value is -1.03. The van der Waals surface area contributed by atoms with E-state index < -0.39 is 11.7 Å². The van der Waals surface area contributed by atoms with Crippen molar-refractivity contribution in [3.63, 3.8) is 0 Å². The van der Waals surface area contributed by atoms with Gasteiger partial charge in [0.05, 0.1) is 5.56 Å². The molecule has 0 N–H and O–H groups in total. The van der Waals surface area contributed by atoms with Crippen LogP contribution >= 0.6 is 11.6 Å². The van der Waals surface area contributed by atoms with Crippen molar-refractivity contribution >= 4 is 17.4 Å². The Kier molecular flexibility index (Phi) is 6.53. The number of ketones is 1. The molecule has 0 aliphatic heterocycles. The van der Waals surface area contributed by atoms with Crippen LogP contribution in [0, 0.1) is 0 Å². The molecule has 5 heteroatoms. The molecule has 1 aromatic carbocycles. The van der Waals surface area contributed by atoms with Crippen molar-refractivity contribution in [1.29, 1.82) is 0 Å². The molecule has 20 heavy (non-hydrogen) atoms. The van der Waals surface area contributed by atoms with E-state index >= 15 is 0 Å². The Morgan fingerprint density at radius 1 is 1.20 bits per heavy atom. The summed E-state index contributed by atoms with van der Waals surface area (Å²) < 4.78 is 37.8. The Labute approximate surface area is 122 Å². The summed E-state index contributed by atoms with van der Waals surface area (Å²) in [5.41, 5.74) is -0.516. The van der Waals surface area contributed by atoms with Crippen molar-refractivity contribution in [2.45, 2.75) is 51.6 Å². The van der Waals surface area contributed by atoms with Crippen molar-refractivity contribution in [2.75, 3.05) is 0 Å². The quantitative estimate of drug-likeness (QED) is 0.613. The highest BCUT2D eigenvalue weighted by molar-refractivity contribution is 6.31. The molecule has 0 aromatic heterocycles. The van der Waals surface area contributed by atoms with E-state index in [9.17, 15) is 18.0 Å². The first-order valence-corrected chi connectivity index (χ1v) is 7.09. The van der Waals surface area contributed by atoms with E-state index in [1.54, 1.807) is 0 Å². The van der Waals surface area contributed by atoms with Gasteiger partial charge in [0.15, 0.2) is 0 Å². The van der Waals surface area contributed by atoms with Gasteiger partial charge in [0, 0.05) is 17.9 Å². The van der Waals surface area contributed by atoms with Gasteiger partial charge in [-0.2, -0.15) is 13.2 Å². The molecular formula is C15H18ClF3O. The zero-order valence-corrected chi connectivity index (χ0v) is 12.2. The fourth-order valence-electron chi connectivity index (χ4n) is 1.94. The third-order valence-electron chi connectivity index (χ3n) is 3.07. The van der Waals surface area contributed by atoms with Gasteiger partial charge in [0.2, 0.25) is 0 Å². The van der Waals surface area contributed by atoms with Crippen LogP contribution in [0.2, 0.25) is 5.02 Å². The predicted octanol–water partition coefficient (Wildman–Crippen LogP) is 5.44. The van der Waals surface area contributed by atoms with Gasteiger partial charge in [-0.15, -0.1) is 0 Å². The van der Waals surface area contributed by atoms with Gasteiger partial charge in [0.1, 0.15) is 5.78 Å². The largest absolute Gasteiger partial charge is 0.416 e. The number of alkyl halides is 3. The van der Waals surface area contributed by atoms with E-state index in [4.69, 9.17) is 11.6 Å². The molecule has 0 saturated heterocycles. The maximum Gasteiger partial charge on any atom is 0.416 e. The molecule has 0 unspecified atom stereocenters. The van der Waals surface area contributed by atoms with Crippen molar-refractivity contribution in [3.8, 4) is 0 Å². The van der Waals surface area contributed by atoms with Crippen LogP contribution < -0.4 is 0 Å². The molecule has 0 amide bonds. The van der Waals surface area contributed by atoms with E-state index in [2.05, 4.69) is 6.92 Å². The lowest BCUT2D eigenvalue weighted by Gasteiger charge is -2.10. The van der Waals surface area contributed by atoms with Crippen LogP contribution in [-0.2, 0) is 17.4 Å². The molecule has 112 valence electrons. The maximum absolute atomic E-state index is 12.6. The standard InChI is InChI=1S/C15H18ClF3O/c1-2-3-4-5-6-13(20)10-11-9-12(15(17,18)19)7-8-14(11)16/h7-9H,2-6,10H2,1H3. The van der Waals surface area contributed by atoms with Crippen LogP contribution in [0.4, 0.5) is 13.2 Å². The number of halogens is 4. The van der Waals surface area contributed by atoms with Gasteiger partial charge in [-0.3, -0.25) is 4.79 Å². The van der Waals surface area contributed by atoms with Gasteiger partial charge < -0.3 is 0 Å². The molecule has 0 heterocycles. The second kappa shape index (κ2) is 7.67. The smallest absolute Gasteiger partial charge is 0.299 e. The number of benzene rings is 1. The zero-order valence-electron chi connectivity index (χ0n) is 11.4. The molecule has 1 aromatic rings. The average Bonchev–Trinajstić information content (AvgIpc) is 2.36. The van der Waals surface area contributed by atoms with Gasteiger partial charge >= 0.3 is 6.18 Å². The summed E-state index contributed by atoms with van der Waals surface area (Å²) in [6.07, 6.45) is -0.155. The highest BCUT2D eigenvalue weighted by atomic mass is 35.5. The minimum atomic E-state index is -4.41. The number of rotatable bonds is 7. The van der Waals surface area contributed by atoms with Crippen molar-refractivity contribution in [3.05, 3.63) is 34.3 Å². The van der Waals surface area contributed by atoms with Gasteiger partial charge in [-0.1, -0.05) is 37.8 Å². The molecule has 1 nitrogen and oxygen atoms in total. The van der Waals surface area contributed by atoms with Crippen LogP contribution in [0.5, 0.6) is 0 Å². The molecule has 0 atom stereocenters. The third-order valence-corrected chi connectivity index (χ3v) is 3.44. The number of hydrogen-bond donors (Lipinski definition) is 0. The maximum atomic E-state index is 12.6. The summed E-state index contributed by atoms with van der Waals surface area (Å²) >= 11 is 5.85. The van der Waals surface area contributed by atoms with Crippen LogP contribution in [0.3, 0.4) is 0 Å². The lowest BCUT2D eigenvalue weighted by molar-refractivity contribution is -0.137. The summed E-state index contributed by atoms with van der Waals surface area (Å²) in [7, 11) is 0. The average molecular weight is 307 g/mol. The summed E-state index contributed by atoms with van der Waals surface area (Å²) in [6.45, 7) is 2.07. The van der Waals surface area contributed by atoms with Crippen molar-refractivity contribution < 1.29 is 18.0 Å². The topological polar surface area (TPSA) is 17.1 Å². The molecule has 0 radical (unpaired) electrons. The first kappa shape index (κ1) is 17.0. The van der Waals surface area contributed by atoms with E-state index in [0.717, 1.165) is 37.8 Å². The Balaban J connectivity index is 2.65. The summed E-state index contributed by atoms with van der Waals surface area (Å²) in [5.74, 6) is -0.0673. The first-order valence-electron chi connectivity index (χ1n) is 6.72. The molecule has 0 spiro atoms. The molecule has 0 aliphatic rings. The van der Waals surface area contributed by atoms with Gasteiger partial charge in [-0.05, 0) is 30.2 Å². The lowest BCUT2D eigenvalue weighted by atomic mass is 10.0. The van der Waals surface area contributed by atoms with Crippen molar-refractivity contribution in [2.24, 2.45) is 0 Å². The van der Waals surface area contributed by atoms with Crippen LogP contribution in [-0.4, -0.2) is 5.78 Å². The van der Waals surface area contributed by atoms with E-state index in [0.29, 0.717) is 6.42 Å². The summed E-state index contributed by atoms with van der Waals surface area (Å²) in [6, 6.07) is 3.09. The van der Waals surface area contributed by atoms with Gasteiger partial charge in [0.25, 0.3) is 0 Å². The van der Waals surface area contributed by atoms with E-state index in [1.807, 2.05) is 0 Å². The number of Topliss-reactive ketones (excluding diaryl/α,β-unsaturated/α-hetero) is 1. The van der Waals surface area contributed by atoms with Crippen LogP contribution in [0.15, 0.2) is 18.2 Å². The fraction of sp³-hybridized carbons (Fsp3) is 0.533. The normalized spacial score (nSPS) is 11.7. The molecule has 0 bridgehead atoms. The lowest BCUT2D eigenvalue weighted by Crippen LogP contribution is -2.08. The molecule has 1 rings (SSSR count). The zero-order chi connectivity index (χ0) is 15.2. The number of unbranched alkanes of at least 4 members (excludes halogenated alkanes) is 3. The Bertz CT molecular complexity index is 455. The minimum Gasteiger partial charge on any atom is -0.299 e. The molecule has 0 fully saturated rings. The van der Waals surface area contributed by atoms with E-state index in [1.165, 1.54) is 6.07 Å². The predicted molar refractivity (Wildman–Crippen MR) is 73.9 cm³/mol. The third kappa shape index (κ3) is 5.53. The van der Waals surface area contributed by atoms with Crippen LogP contribution in [0.25, 0.3) is 0 Å². The second-order valence-electron chi connectivity index (χ2n) is 4.83. The number of hydrogen-bond acceptors (Lipinski definition) is 1. The summed E-state index contributed by atoms with van der Waals surface area (Å²) in [5, 5.41) is 0.208. The van der Waals surface area contributed by atoms with Crippen LogP contribution in [0.1, 0.15) is 50.2 Å². The Morgan fingerprint density at radius 2 is 1.90 bits per heavy atom. The monoisotopic (exact) mass is 306 g/mol. The number of carbonyl (C=O) groups is 1. The van der Waals surface area contributed by atoms with E-state index in [-0.39, 0.29) is 22.8 Å². The second-order valence-corrected chi connectivity index (χ2v) is 5.24. The minimum absolute atomic E-state index is 0.0329. The first-order chi connectivity index (χ1) is 9.34. The number of carbonyl (C=O) groups excluding carboxylic acids is 1. The van der Waals surface area contributed by atoms with Crippen molar-refractivity contribution in [1.82, 2.24) is 0 Å². The molecule has 0 saturated carbocycles. The fourth-order valence-corrected chi connectivity index (χ4v) is 2.12. The highest BCUT2D eigenvalue weighted by Gasteiger charge is 2.31. The SMILES string of the molecule is CCCCCCC(=O)Cc1cc(C(F)(F)F)ccc1Cl. The summed E-state index contributed by atoms with van der Waals surface area (Å²) in [4.78, 5) is 11.7. The Morgan fingerprint density at radius 3 is 2.50 bits per heavy atom. The molecular weight excluding hydrogens is 289 g/mol.